The lowest BCUT2D eigenvalue weighted by atomic mass is 9.66. The van der Waals surface area contributed by atoms with E-state index >= 15 is 0 Å². The minimum atomic E-state index is -1.03. The molecule has 0 unspecified atom stereocenters. The summed E-state index contributed by atoms with van der Waals surface area (Å²) >= 11 is 35.1. The van der Waals surface area contributed by atoms with E-state index in [4.69, 9.17) is 70.5 Å². The van der Waals surface area contributed by atoms with Crippen molar-refractivity contribution in [3.05, 3.63) is 286 Å². The van der Waals surface area contributed by atoms with Crippen LogP contribution in [-0.2, 0) is 10.8 Å². The van der Waals surface area contributed by atoms with Crippen LogP contribution in [0.4, 0.5) is 0 Å². The number of carbonyl (C=O) groups is 2. The van der Waals surface area contributed by atoms with E-state index < -0.39 is 10.8 Å². The molecule has 14 aromatic rings. The molecule has 6 heterocycles. The first kappa shape index (κ1) is 60.8. The smallest absolute Gasteiger partial charge is 0.270 e. The maximum absolute atomic E-state index is 14.8. The fourth-order valence-corrected chi connectivity index (χ4v) is 22.6. The molecule has 20 heteroatoms. The largest absolute Gasteiger partial charge is 0.289 e. The van der Waals surface area contributed by atoms with Crippen LogP contribution in [0.1, 0.15) is 108 Å². The summed E-state index contributed by atoms with van der Waals surface area (Å²) < 4.78 is 23.2. The van der Waals surface area contributed by atoms with Crippen LogP contribution in [0, 0.1) is 68.3 Å². The minimum Gasteiger partial charge on any atom is -0.289 e. The number of nitriles is 3. The van der Waals surface area contributed by atoms with Crippen LogP contribution in [0.5, 0.6) is 0 Å². The SMILES string of the molecule is [C-]#[N+]C(C#N)=C1/C(=C/c2cc3c(s2)-c2sc4c5nsnc5c5c6c7c(sc6c6nsnc6c5c4c2C3(c2ccc(C)cc2)c2ccc(C)cc2)-c2sc(/C=C3\C(=O)c4cc(Cl)c(Cl)cc4C3=C(C#N)C#N)cc2C7(c2ccc(C)cc2)c2ccc(C)cc2)C(=O)c2cc(Cl)c(Cl)cc21. The van der Waals surface area contributed by atoms with Gasteiger partial charge in [0.2, 0.25) is 0 Å². The summed E-state index contributed by atoms with van der Waals surface area (Å²) in [6.07, 6.45) is 3.61. The molecule has 4 aliphatic carbocycles. The van der Waals surface area contributed by atoms with E-state index in [2.05, 4.69) is 160 Å². The number of aromatic nitrogens is 4. The summed E-state index contributed by atoms with van der Waals surface area (Å²) in [5.74, 6) is -0.747. The molecule has 0 saturated heterocycles. The van der Waals surface area contributed by atoms with Crippen LogP contribution in [0.15, 0.2) is 156 Å². The van der Waals surface area contributed by atoms with E-state index in [9.17, 15) is 25.4 Å². The quantitative estimate of drug-likeness (QED) is 0.0896. The Morgan fingerprint density at radius 1 is 0.449 bits per heavy atom. The Kier molecular flexibility index (Phi) is 13.6. The van der Waals surface area contributed by atoms with Crippen molar-refractivity contribution in [1.29, 1.82) is 15.8 Å². The summed E-state index contributed by atoms with van der Waals surface area (Å²) in [6.45, 7) is 16.5. The number of hydrogen-bond donors (Lipinski definition) is 0. The van der Waals surface area contributed by atoms with Crippen LogP contribution < -0.4 is 0 Å². The van der Waals surface area contributed by atoms with Crippen molar-refractivity contribution < 1.29 is 9.59 Å². The van der Waals surface area contributed by atoms with E-state index in [1.807, 2.05) is 6.08 Å². The number of benzene rings is 8. The van der Waals surface area contributed by atoms with Gasteiger partial charge in [0, 0.05) is 64.7 Å². The molecular weight excluding hydrogens is 1420 g/mol. The van der Waals surface area contributed by atoms with Gasteiger partial charge in [0.05, 0.1) is 95.9 Å². The number of nitrogens with zero attached hydrogens (tertiary/aromatic N) is 8. The topological polar surface area (TPSA) is 161 Å². The van der Waals surface area contributed by atoms with Gasteiger partial charge in [-0.15, -0.1) is 45.3 Å². The lowest BCUT2D eigenvalue weighted by Gasteiger charge is -2.34. The first-order chi connectivity index (χ1) is 47.5. The monoisotopic (exact) mass is 1450 g/mol. The number of halogens is 4. The van der Waals surface area contributed by atoms with Crippen molar-refractivity contribution >= 4 is 203 Å². The van der Waals surface area contributed by atoms with Gasteiger partial charge < -0.3 is 0 Å². The Morgan fingerprint density at radius 2 is 0.796 bits per heavy atom. The number of allylic oxidation sites excluding steroid dienone is 6. The molecule has 4 aliphatic rings. The lowest BCUT2D eigenvalue weighted by molar-refractivity contribution is 0.103. The molecule has 0 fully saturated rings. The van der Waals surface area contributed by atoms with Crippen LogP contribution in [0.3, 0.4) is 0 Å². The van der Waals surface area contributed by atoms with E-state index in [1.54, 1.807) is 63.6 Å². The summed E-state index contributed by atoms with van der Waals surface area (Å²) in [5, 5.41) is 35.9. The molecule has 18 rings (SSSR count). The van der Waals surface area contributed by atoms with Crippen LogP contribution in [0.2, 0.25) is 20.1 Å². The van der Waals surface area contributed by atoms with Gasteiger partial charge in [0.15, 0.2) is 11.6 Å². The van der Waals surface area contributed by atoms with Crippen molar-refractivity contribution in [3.8, 4) is 37.7 Å². The van der Waals surface area contributed by atoms with Gasteiger partial charge in [-0.25, -0.2) is 10.1 Å². The molecule has 0 amide bonds. The molecule has 0 saturated carbocycles. The Bertz CT molecular complexity index is 5910. The highest BCUT2D eigenvalue weighted by molar-refractivity contribution is 7.29. The molecule has 0 bridgehead atoms. The van der Waals surface area contributed by atoms with Crippen molar-refractivity contribution in [2.75, 3.05) is 0 Å². The molecule has 0 aliphatic heterocycles. The first-order valence-electron chi connectivity index (χ1n) is 30.4. The van der Waals surface area contributed by atoms with Gasteiger partial charge in [-0.05, 0) is 132 Å². The number of ketones is 2. The number of fused-ring (bicyclic) bond motifs is 21. The summed E-state index contributed by atoms with van der Waals surface area (Å²) in [5.41, 5.74) is 14.9. The number of rotatable bonds is 6. The summed E-state index contributed by atoms with van der Waals surface area (Å²) in [6, 6.07) is 51.6. The maximum Gasteiger partial charge on any atom is 0.270 e. The molecule has 8 aromatic carbocycles. The fraction of sp³-hybridized carbons (Fsp3) is 0.0769. The second-order valence-corrected chi connectivity index (χ2v) is 31.7. The second-order valence-electron chi connectivity index (χ2n) is 24.8. The third-order valence-electron chi connectivity index (χ3n) is 19.5. The molecule has 464 valence electrons. The van der Waals surface area contributed by atoms with Gasteiger partial charge in [-0.1, -0.05) is 166 Å². The van der Waals surface area contributed by atoms with E-state index in [0.29, 0.717) is 11.1 Å². The highest BCUT2D eigenvalue weighted by Gasteiger charge is 2.54. The zero-order chi connectivity index (χ0) is 67.3. The summed E-state index contributed by atoms with van der Waals surface area (Å²) in [4.78, 5) is 38.6. The van der Waals surface area contributed by atoms with Gasteiger partial charge in [-0.2, -0.15) is 28.0 Å². The Morgan fingerprint density at radius 3 is 1.15 bits per heavy atom. The highest BCUT2D eigenvalue weighted by Crippen LogP contribution is 2.69. The standard InChI is InChI=1S/C78H36Cl4N8O2S6/c1-33-6-14-38(15-7-33)77(39-16-8-34(2)9-17-39)50-24-42(22-48-57(37(30-83)31-84)44-26-52(79)54(81)28-46(44)69(48)91)93-71(50)75-63(77)61-59-60(66-67(73(61)95-75)89-97-88-66)62-64-76(96-74(62)68-65(59)87-98-90-68)72-51(78(64,40-18-10-35(3)11-19-40)41-20-12-36(4)13-21-41)25-43(94-72)23-49-58(56(32-85)86-5)45-27-53(80)55(82)29-47(45)70(49)92/h6-29H,1-4H3/b48-22-,49-23-,58-56?. The van der Waals surface area contributed by atoms with Crippen LogP contribution in [0.25, 0.3) is 101 Å². The lowest BCUT2D eigenvalue weighted by Crippen LogP contribution is -2.28. The zero-order valence-corrected chi connectivity index (χ0v) is 59.1. The predicted octanol–water partition coefficient (Wildman–Crippen LogP) is 22.5. The van der Waals surface area contributed by atoms with Gasteiger partial charge in [-0.3, -0.25) is 9.59 Å². The van der Waals surface area contributed by atoms with Gasteiger partial charge in [0.1, 0.15) is 39.8 Å². The van der Waals surface area contributed by atoms with Crippen molar-refractivity contribution in [2.24, 2.45) is 0 Å². The minimum absolute atomic E-state index is 0.180. The Balaban J connectivity index is 0.975. The van der Waals surface area contributed by atoms with Crippen LogP contribution >= 0.6 is 115 Å². The van der Waals surface area contributed by atoms with Gasteiger partial charge in [0.25, 0.3) is 5.70 Å². The third-order valence-corrected chi connectivity index (χ3v) is 26.9. The normalized spacial score (nSPS) is 15.9. The number of carbonyl (C=O) groups excluding carboxylic acids is 2. The molecule has 0 radical (unpaired) electrons. The molecular formula is C78H36Cl4N8O2S6. The van der Waals surface area contributed by atoms with E-state index in [1.165, 1.54) is 35.6 Å². The second kappa shape index (κ2) is 22.0. The predicted molar refractivity (Wildman–Crippen MR) is 401 cm³/mol. The zero-order valence-electron chi connectivity index (χ0n) is 51.2. The molecule has 98 heavy (non-hydrogen) atoms. The maximum atomic E-state index is 14.8. The molecule has 6 aromatic heterocycles. The number of thiophene rings is 4. The average molecular weight is 1450 g/mol. The first-order valence-corrected chi connectivity index (χ1v) is 36.7. The number of Topliss-reactive ketones (excluding diaryl/α,β-unsaturated/α-hetero) is 2. The molecule has 0 spiro atoms. The van der Waals surface area contributed by atoms with Crippen molar-refractivity contribution in [1.82, 2.24) is 17.5 Å². The van der Waals surface area contributed by atoms with Crippen molar-refractivity contribution in [2.45, 2.75) is 38.5 Å². The molecule has 10 nitrogen and oxygen atoms in total. The number of hydrogen-bond acceptors (Lipinski definition) is 15. The fourth-order valence-electron chi connectivity index (χ4n) is 15.4. The van der Waals surface area contributed by atoms with Gasteiger partial charge >= 0.3 is 0 Å². The molecule has 0 N–H and O–H groups in total. The van der Waals surface area contributed by atoms with Crippen LogP contribution in [-0.4, -0.2) is 29.1 Å². The Labute approximate surface area is 602 Å². The third kappa shape index (κ3) is 8.13. The summed E-state index contributed by atoms with van der Waals surface area (Å²) in [7, 11) is 0. The van der Waals surface area contributed by atoms with E-state index in [-0.39, 0.29) is 76.3 Å². The van der Waals surface area contributed by atoms with Crippen molar-refractivity contribution in [3.63, 3.8) is 0 Å². The molecule has 0 atom stereocenters. The number of aryl methyl sites for hydroxylation is 4. The average Bonchev–Trinajstić information content (AvgIpc) is 1.49. The highest BCUT2D eigenvalue weighted by atomic mass is 35.5. The van der Waals surface area contributed by atoms with E-state index in [0.717, 1.165) is 149 Å². The Hall–Kier alpha value is -9.60.